The van der Waals surface area contributed by atoms with Crippen molar-refractivity contribution < 1.29 is 24.2 Å². The minimum Gasteiger partial charge on any atom is -0.480 e. The Morgan fingerprint density at radius 3 is 2.58 bits per heavy atom. The van der Waals surface area contributed by atoms with Crippen molar-refractivity contribution in [2.24, 2.45) is 0 Å². The van der Waals surface area contributed by atoms with Gasteiger partial charge in [-0.2, -0.15) is 0 Å². The van der Waals surface area contributed by atoms with Crippen molar-refractivity contribution in [3.05, 3.63) is 29.0 Å². The zero-order chi connectivity index (χ0) is 14.4. The second-order valence-electron chi connectivity index (χ2n) is 3.66. The van der Waals surface area contributed by atoms with Crippen LogP contribution in [0.1, 0.15) is 6.42 Å². The van der Waals surface area contributed by atoms with Crippen molar-refractivity contribution in [3.8, 4) is 0 Å². The lowest BCUT2D eigenvalue weighted by Gasteiger charge is -2.14. The van der Waals surface area contributed by atoms with Gasteiger partial charge in [-0.3, -0.25) is 0 Å². The summed E-state index contributed by atoms with van der Waals surface area (Å²) in [6, 6.07) is 1.35. The predicted octanol–water partition coefficient (Wildman–Crippen LogP) is 1.44. The molecule has 4 N–H and O–H groups in total. The Morgan fingerprint density at radius 1 is 1.37 bits per heavy atom. The summed E-state index contributed by atoms with van der Waals surface area (Å²) in [6.07, 6.45) is -0.132. The fourth-order valence-electron chi connectivity index (χ4n) is 1.34. The van der Waals surface area contributed by atoms with Crippen LogP contribution in [0.4, 0.5) is 14.9 Å². The van der Waals surface area contributed by atoms with Gasteiger partial charge in [0.2, 0.25) is 0 Å². The van der Waals surface area contributed by atoms with E-state index in [9.17, 15) is 14.0 Å². The van der Waals surface area contributed by atoms with E-state index >= 15 is 0 Å². The van der Waals surface area contributed by atoms with Crippen molar-refractivity contribution in [2.75, 3.05) is 11.9 Å². The normalized spacial score (nSPS) is 11.7. The molecule has 0 fully saturated rings. The second kappa shape index (κ2) is 6.91. The van der Waals surface area contributed by atoms with Gasteiger partial charge >= 0.3 is 12.0 Å². The first-order valence-electron chi connectivity index (χ1n) is 5.29. The number of anilines is 1. The minimum atomic E-state index is -1.28. The Morgan fingerprint density at radius 2 is 2.05 bits per heavy atom. The van der Waals surface area contributed by atoms with E-state index in [0.717, 1.165) is 12.1 Å². The largest absolute Gasteiger partial charge is 0.480 e. The van der Waals surface area contributed by atoms with Gasteiger partial charge < -0.3 is 20.8 Å². The lowest BCUT2D eigenvalue weighted by molar-refractivity contribution is -0.139. The topological polar surface area (TPSA) is 98.7 Å². The molecule has 0 aliphatic rings. The highest BCUT2D eigenvalue weighted by molar-refractivity contribution is 6.30. The highest BCUT2D eigenvalue weighted by atomic mass is 35.5. The average molecular weight is 291 g/mol. The summed E-state index contributed by atoms with van der Waals surface area (Å²) >= 11 is 5.60. The first-order valence-corrected chi connectivity index (χ1v) is 5.67. The quantitative estimate of drug-likeness (QED) is 0.659. The van der Waals surface area contributed by atoms with E-state index in [4.69, 9.17) is 21.8 Å². The van der Waals surface area contributed by atoms with E-state index in [0.29, 0.717) is 0 Å². The number of urea groups is 1. The molecule has 0 radical (unpaired) electrons. The fraction of sp³-hybridized carbons (Fsp3) is 0.273. The van der Waals surface area contributed by atoms with Crippen LogP contribution in [0.3, 0.4) is 0 Å². The first kappa shape index (κ1) is 15.2. The monoisotopic (exact) mass is 290 g/mol. The molecule has 1 aromatic carbocycles. The number of carbonyl (C=O) groups is 2. The SMILES string of the molecule is O=C(Nc1cc(F)cc(Cl)c1)NC(CCO)C(=O)O. The average Bonchev–Trinajstić information content (AvgIpc) is 2.26. The summed E-state index contributed by atoms with van der Waals surface area (Å²) in [6.45, 7) is -0.386. The van der Waals surface area contributed by atoms with E-state index in [-0.39, 0.29) is 23.7 Å². The number of carboxylic acids is 1. The highest BCUT2D eigenvalue weighted by Gasteiger charge is 2.19. The smallest absolute Gasteiger partial charge is 0.326 e. The standard InChI is InChI=1S/C11H12ClFN2O4/c12-6-3-7(13)5-8(4-6)14-11(19)15-9(1-2-16)10(17)18/h3-5,9,16H,1-2H2,(H,17,18)(H2,14,15,19). The molecule has 104 valence electrons. The Kier molecular flexibility index (Phi) is 5.53. The van der Waals surface area contributed by atoms with Crippen LogP contribution in [0, 0.1) is 5.82 Å². The molecule has 0 spiro atoms. The van der Waals surface area contributed by atoms with Crippen LogP contribution >= 0.6 is 11.6 Å². The number of carboxylic acid groups (broad SMARTS) is 1. The van der Waals surface area contributed by atoms with Crippen LogP contribution in [0.5, 0.6) is 0 Å². The number of hydrogen-bond acceptors (Lipinski definition) is 3. The van der Waals surface area contributed by atoms with Crippen LogP contribution in [0.15, 0.2) is 18.2 Å². The molecule has 0 aliphatic carbocycles. The van der Waals surface area contributed by atoms with Crippen molar-refractivity contribution in [1.82, 2.24) is 5.32 Å². The van der Waals surface area contributed by atoms with E-state index in [1.807, 2.05) is 0 Å². The molecule has 0 aromatic heterocycles. The lowest BCUT2D eigenvalue weighted by atomic mass is 10.2. The Bertz CT molecular complexity index is 464. The molecule has 6 nitrogen and oxygen atoms in total. The number of rotatable bonds is 5. The molecule has 0 saturated heterocycles. The molecule has 1 rings (SSSR count). The molecule has 8 heteroatoms. The van der Waals surface area contributed by atoms with E-state index in [2.05, 4.69) is 10.6 Å². The van der Waals surface area contributed by atoms with Gasteiger partial charge in [-0.15, -0.1) is 0 Å². The lowest BCUT2D eigenvalue weighted by Crippen LogP contribution is -2.43. The maximum atomic E-state index is 13.0. The molecule has 1 aromatic rings. The van der Waals surface area contributed by atoms with Gasteiger partial charge in [-0.1, -0.05) is 11.6 Å². The number of hydrogen-bond donors (Lipinski definition) is 4. The molecule has 0 saturated carbocycles. The summed E-state index contributed by atoms with van der Waals surface area (Å²) in [5.74, 6) is -1.91. The molecule has 0 aliphatic heterocycles. The third-order valence-corrected chi connectivity index (χ3v) is 2.36. The van der Waals surface area contributed by atoms with Gasteiger partial charge in [0.1, 0.15) is 11.9 Å². The zero-order valence-electron chi connectivity index (χ0n) is 9.69. The second-order valence-corrected chi connectivity index (χ2v) is 4.10. The Balaban J connectivity index is 2.66. The third-order valence-electron chi connectivity index (χ3n) is 2.14. The van der Waals surface area contributed by atoms with E-state index < -0.39 is 23.9 Å². The van der Waals surface area contributed by atoms with Gasteiger partial charge in [0.25, 0.3) is 0 Å². The zero-order valence-corrected chi connectivity index (χ0v) is 10.4. The number of carbonyl (C=O) groups excluding carboxylic acids is 1. The molecule has 2 amide bonds. The maximum absolute atomic E-state index is 13.0. The van der Waals surface area contributed by atoms with Gasteiger partial charge in [-0.25, -0.2) is 14.0 Å². The Hall–Kier alpha value is -1.86. The van der Waals surface area contributed by atoms with Crippen LogP contribution in [0.2, 0.25) is 5.02 Å². The van der Waals surface area contributed by atoms with Gasteiger partial charge in [-0.05, 0) is 18.2 Å². The minimum absolute atomic E-state index is 0.0932. The van der Waals surface area contributed by atoms with Crippen molar-refractivity contribution in [2.45, 2.75) is 12.5 Å². The molecular formula is C11H12ClFN2O4. The molecule has 0 bridgehead atoms. The fourth-order valence-corrected chi connectivity index (χ4v) is 1.56. The van der Waals surface area contributed by atoms with Crippen molar-refractivity contribution in [3.63, 3.8) is 0 Å². The van der Waals surface area contributed by atoms with Crippen molar-refractivity contribution >= 4 is 29.3 Å². The number of aliphatic hydroxyl groups is 1. The van der Waals surface area contributed by atoms with E-state index in [1.165, 1.54) is 6.07 Å². The molecule has 1 unspecified atom stereocenters. The van der Waals surface area contributed by atoms with Gasteiger partial charge in [0, 0.05) is 23.7 Å². The summed E-state index contributed by atoms with van der Waals surface area (Å²) < 4.78 is 13.0. The summed E-state index contributed by atoms with van der Waals surface area (Å²) in [5, 5.41) is 21.9. The van der Waals surface area contributed by atoms with Gasteiger partial charge in [0.05, 0.1) is 0 Å². The number of amides is 2. The third kappa shape index (κ3) is 5.11. The van der Waals surface area contributed by atoms with Gasteiger partial charge in [0.15, 0.2) is 0 Å². The number of halogens is 2. The molecular weight excluding hydrogens is 279 g/mol. The summed E-state index contributed by atoms with van der Waals surface area (Å²) in [5.41, 5.74) is 0.0932. The predicted molar refractivity (Wildman–Crippen MR) is 66.7 cm³/mol. The number of benzene rings is 1. The Labute approximate surface area is 113 Å². The number of aliphatic carboxylic acids is 1. The van der Waals surface area contributed by atoms with E-state index in [1.54, 1.807) is 0 Å². The number of aliphatic hydroxyl groups excluding tert-OH is 1. The molecule has 0 heterocycles. The van der Waals surface area contributed by atoms with Crippen LogP contribution in [0.25, 0.3) is 0 Å². The summed E-state index contributed by atoms with van der Waals surface area (Å²) in [4.78, 5) is 22.2. The van der Waals surface area contributed by atoms with Crippen molar-refractivity contribution in [1.29, 1.82) is 0 Å². The molecule has 1 atom stereocenters. The number of nitrogens with one attached hydrogen (secondary N) is 2. The maximum Gasteiger partial charge on any atom is 0.326 e. The first-order chi connectivity index (χ1) is 8.92. The summed E-state index contributed by atoms with van der Waals surface area (Å²) in [7, 11) is 0. The molecule has 19 heavy (non-hydrogen) atoms. The highest BCUT2D eigenvalue weighted by Crippen LogP contribution is 2.17. The van der Waals surface area contributed by atoms with Crippen LogP contribution in [-0.2, 0) is 4.79 Å². The van der Waals surface area contributed by atoms with Crippen LogP contribution in [-0.4, -0.2) is 34.9 Å². The van der Waals surface area contributed by atoms with Crippen LogP contribution < -0.4 is 10.6 Å².